The quantitative estimate of drug-likeness (QED) is 0.927. The summed E-state index contributed by atoms with van der Waals surface area (Å²) in [4.78, 5) is 25.6. The number of carboxylic acids is 1. The molecule has 1 aromatic rings. The normalized spacial score (nSPS) is 22.1. The lowest BCUT2D eigenvalue weighted by Gasteiger charge is -2.41. The van der Waals surface area contributed by atoms with Crippen LogP contribution in [-0.4, -0.2) is 34.0 Å². The van der Waals surface area contributed by atoms with E-state index in [1.807, 2.05) is 31.2 Å². The molecule has 0 saturated carbocycles. The number of aliphatic carboxylic acids is 1. The van der Waals surface area contributed by atoms with E-state index in [4.69, 9.17) is 0 Å². The molecule has 21 heavy (non-hydrogen) atoms. The highest BCUT2D eigenvalue weighted by Crippen LogP contribution is 2.29. The number of hydrogen-bond donors (Lipinski definition) is 1. The summed E-state index contributed by atoms with van der Waals surface area (Å²) in [6, 6.07) is 8.00. The largest absolute Gasteiger partial charge is 0.480 e. The molecule has 1 N–H and O–H groups in total. The average molecular weight is 289 g/mol. The first-order valence-corrected chi connectivity index (χ1v) is 7.53. The van der Waals surface area contributed by atoms with Crippen LogP contribution in [0.4, 0.5) is 0 Å². The van der Waals surface area contributed by atoms with Crippen LogP contribution >= 0.6 is 0 Å². The highest BCUT2D eigenvalue weighted by atomic mass is 16.4. The van der Waals surface area contributed by atoms with Gasteiger partial charge >= 0.3 is 5.97 Å². The van der Waals surface area contributed by atoms with Crippen LogP contribution in [-0.2, 0) is 16.0 Å². The first-order chi connectivity index (χ1) is 9.95. The van der Waals surface area contributed by atoms with Crippen molar-refractivity contribution >= 4 is 11.9 Å². The lowest BCUT2D eigenvalue weighted by Crippen LogP contribution is -2.57. The highest BCUT2D eigenvalue weighted by Gasteiger charge is 2.43. The lowest BCUT2D eigenvalue weighted by atomic mass is 9.88. The van der Waals surface area contributed by atoms with Crippen LogP contribution in [0.1, 0.15) is 43.7 Å². The maximum Gasteiger partial charge on any atom is 0.329 e. The molecule has 0 radical (unpaired) electrons. The minimum atomic E-state index is -1.04. The third-order valence-electron chi connectivity index (χ3n) is 4.52. The van der Waals surface area contributed by atoms with E-state index in [0.717, 1.165) is 18.4 Å². The molecule has 1 atom stereocenters. The molecule has 1 unspecified atom stereocenters. The molecule has 2 rings (SSSR count). The zero-order valence-corrected chi connectivity index (χ0v) is 12.8. The smallest absolute Gasteiger partial charge is 0.329 e. The van der Waals surface area contributed by atoms with Crippen molar-refractivity contribution in [2.45, 2.75) is 51.5 Å². The zero-order chi connectivity index (χ0) is 15.5. The van der Waals surface area contributed by atoms with E-state index in [0.29, 0.717) is 25.8 Å². The van der Waals surface area contributed by atoms with Crippen LogP contribution in [0.5, 0.6) is 0 Å². The first-order valence-electron chi connectivity index (χ1n) is 7.53. The van der Waals surface area contributed by atoms with E-state index < -0.39 is 11.5 Å². The lowest BCUT2D eigenvalue weighted by molar-refractivity contribution is -0.160. The minimum absolute atomic E-state index is 0.0529. The maximum absolute atomic E-state index is 12.5. The van der Waals surface area contributed by atoms with Crippen molar-refractivity contribution in [3.8, 4) is 0 Å². The van der Waals surface area contributed by atoms with Gasteiger partial charge in [-0.05, 0) is 50.7 Å². The van der Waals surface area contributed by atoms with Crippen molar-refractivity contribution in [1.82, 2.24) is 4.90 Å². The molecule has 1 heterocycles. The topological polar surface area (TPSA) is 57.6 Å². The summed E-state index contributed by atoms with van der Waals surface area (Å²) < 4.78 is 0. The van der Waals surface area contributed by atoms with Crippen LogP contribution in [0.15, 0.2) is 24.3 Å². The molecule has 114 valence electrons. The van der Waals surface area contributed by atoms with Crippen molar-refractivity contribution in [3.05, 3.63) is 35.4 Å². The van der Waals surface area contributed by atoms with Crippen molar-refractivity contribution in [3.63, 3.8) is 0 Å². The van der Waals surface area contributed by atoms with Gasteiger partial charge < -0.3 is 10.0 Å². The van der Waals surface area contributed by atoms with E-state index in [9.17, 15) is 14.7 Å². The van der Waals surface area contributed by atoms with Gasteiger partial charge in [0.2, 0.25) is 5.91 Å². The number of carbonyl (C=O) groups is 2. The second-order valence-electron chi connectivity index (χ2n) is 6.01. The SMILES string of the molecule is Cc1ccccc1CCC(=O)N1CCCCC1(C)C(=O)O. The van der Waals surface area contributed by atoms with Crippen LogP contribution in [0, 0.1) is 6.92 Å². The Bertz CT molecular complexity index is 541. The molecule has 1 aliphatic heterocycles. The Balaban J connectivity index is 2.05. The Morgan fingerprint density at radius 1 is 1.29 bits per heavy atom. The van der Waals surface area contributed by atoms with Crippen molar-refractivity contribution < 1.29 is 14.7 Å². The number of benzene rings is 1. The average Bonchev–Trinajstić information content (AvgIpc) is 2.46. The molecule has 1 aromatic carbocycles. The van der Waals surface area contributed by atoms with E-state index in [1.54, 1.807) is 11.8 Å². The molecule has 0 aromatic heterocycles. The second kappa shape index (κ2) is 6.29. The summed E-state index contributed by atoms with van der Waals surface area (Å²) in [5.41, 5.74) is 1.28. The maximum atomic E-state index is 12.5. The van der Waals surface area contributed by atoms with Crippen LogP contribution in [0.25, 0.3) is 0 Å². The fourth-order valence-electron chi connectivity index (χ4n) is 3.01. The van der Waals surface area contributed by atoms with Crippen LogP contribution in [0.2, 0.25) is 0 Å². The molecule has 4 heteroatoms. The number of rotatable bonds is 4. The van der Waals surface area contributed by atoms with Gasteiger partial charge in [0, 0.05) is 13.0 Å². The van der Waals surface area contributed by atoms with Gasteiger partial charge in [0.1, 0.15) is 5.54 Å². The molecule has 1 fully saturated rings. The Morgan fingerprint density at radius 2 is 2.00 bits per heavy atom. The second-order valence-corrected chi connectivity index (χ2v) is 6.01. The Morgan fingerprint density at radius 3 is 2.67 bits per heavy atom. The Labute approximate surface area is 125 Å². The van der Waals surface area contributed by atoms with Crippen molar-refractivity contribution in [2.24, 2.45) is 0 Å². The van der Waals surface area contributed by atoms with Crippen LogP contribution in [0.3, 0.4) is 0 Å². The predicted molar refractivity (Wildman–Crippen MR) is 81.1 cm³/mol. The van der Waals surface area contributed by atoms with Crippen molar-refractivity contribution in [1.29, 1.82) is 0 Å². The number of carbonyl (C=O) groups excluding carboxylic acids is 1. The predicted octanol–water partition coefficient (Wildman–Crippen LogP) is 2.78. The number of hydrogen-bond acceptors (Lipinski definition) is 2. The molecule has 1 aliphatic rings. The molecule has 1 amide bonds. The molecular weight excluding hydrogens is 266 g/mol. The number of likely N-dealkylation sites (tertiary alicyclic amines) is 1. The summed E-state index contributed by atoms with van der Waals surface area (Å²) >= 11 is 0. The zero-order valence-electron chi connectivity index (χ0n) is 12.8. The van der Waals surface area contributed by atoms with Gasteiger partial charge in [-0.1, -0.05) is 24.3 Å². The summed E-state index contributed by atoms with van der Waals surface area (Å²) in [6.45, 7) is 4.25. The molecule has 0 spiro atoms. The van der Waals surface area contributed by atoms with Gasteiger partial charge in [-0.2, -0.15) is 0 Å². The van der Waals surface area contributed by atoms with E-state index in [-0.39, 0.29) is 5.91 Å². The summed E-state index contributed by atoms with van der Waals surface area (Å²) in [5.74, 6) is -0.950. The standard InChI is InChI=1S/C17H23NO3/c1-13-7-3-4-8-14(13)9-10-15(19)18-12-6-5-11-17(18,2)16(20)21/h3-4,7-8H,5-6,9-12H2,1-2H3,(H,20,21). The van der Waals surface area contributed by atoms with Gasteiger partial charge in [-0.15, -0.1) is 0 Å². The molecular formula is C17H23NO3. The van der Waals surface area contributed by atoms with E-state index in [1.165, 1.54) is 5.56 Å². The Kier molecular flexibility index (Phi) is 4.66. The van der Waals surface area contributed by atoms with Crippen molar-refractivity contribution in [2.75, 3.05) is 6.54 Å². The molecule has 0 aliphatic carbocycles. The third-order valence-corrected chi connectivity index (χ3v) is 4.52. The summed E-state index contributed by atoms with van der Waals surface area (Å²) in [7, 11) is 0. The molecule has 1 saturated heterocycles. The van der Waals surface area contributed by atoms with E-state index >= 15 is 0 Å². The number of nitrogens with zero attached hydrogens (tertiary/aromatic N) is 1. The van der Waals surface area contributed by atoms with Crippen LogP contribution < -0.4 is 0 Å². The number of amides is 1. The monoisotopic (exact) mass is 289 g/mol. The number of piperidine rings is 1. The number of aryl methyl sites for hydroxylation is 2. The fraction of sp³-hybridized carbons (Fsp3) is 0.529. The summed E-state index contributed by atoms with van der Waals surface area (Å²) in [5, 5.41) is 9.45. The highest BCUT2D eigenvalue weighted by molar-refractivity contribution is 5.87. The third kappa shape index (κ3) is 3.26. The Hall–Kier alpha value is -1.84. The fourth-order valence-corrected chi connectivity index (χ4v) is 3.01. The van der Waals surface area contributed by atoms with Gasteiger partial charge in [0.05, 0.1) is 0 Å². The molecule has 0 bridgehead atoms. The minimum Gasteiger partial charge on any atom is -0.480 e. The van der Waals surface area contributed by atoms with E-state index in [2.05, 4.69) is 0 Å². The van der Waals surface area contributed by atoms with Gasteiger partial charge in [-0.3, -0.25) is 4.79 Å². The first kappa shape index (κ1) is 15.5. The van der Waals surface area contributed by atoms with Gasteiger partial charge in [-0.25, -0.2) is 4.79 Å². The molecule has 4 nitrogen and oxygen atoms in total. The summed E-state index contributed by atoms with van der Waals surface area (Å²) in [6.07, 6.45) is 3.33. The van der Waals surface area contributed by atoms with Gasteiger partial charge in [0.25, 0.3) is 0 Å². The van der Waals surface area contributed by atoms with Gasteiger partial charge in [0.15, 0.2) is 0 Å². The number of carboxylic acid groups (broad SMARTS) is 1.